The number of rotatable bonds is 3. The lowest BCUT2D eigenvalue weighted by atomic mass is 9.79. The van der Waals surface area contributed by atoms with E-state index >= 15 is 0 Å². The highest BCUT2D eigenvalue weighted by Gasteiger charge is 2.18. The van der Waals surface area contributed by atoms with E-state index < -0.39 is 7.12 Å². The van der Waals surface area contributed by atoms with E-state index in [0.717, 1.165) is 0 Å². The molecule has 0 spiro atoms. The van der Waals surface area contributed by atoms with Gasteiger partial charge in [-0.25, -0.2) is 0 Å². The Labute approximate surface area is 82.9 Å². The summed E-state index contributed by atoms with van der Waals surface area (Å²) < 4.78 is 5.26. The van der Waals surface area contributed by atoms with Gasteiger partial charge in [0.2, 0.25) is 0 Å². The van der Waals surface area contributed by atoms with E-state index in [9.17, 15) is 5.11 Å². The van der Waals surface area contributed by atoms with E-state index in [1.54, 1.807) is 12.1 Å². The van der Waals surface area contributed by atoms with Crippen LogP contribution < -0.4 is 10.2 Å². The molecule has 76 valence electrons. The monoisotopic (exact) mass is 196 g/mol. The van der Waals surface area contributed by atoms with E-state index in [-0.39, 0.29) is 23.1 Å². The molecule has 1 aromatic carbocycles. The van der Waals surface area contributed by atoms with Crippen LogP contribution in [0.5, 0.6) is 11.5 Å². The van der Waals surface area contributed by atoms with E-state index in [0.29, 0.717) is 0 Å². The topological polar surface area (TPSA) is 69.9 Å². The second-order valence-corrected chi connectivity index (χ2v) is 3.23. The highest BCUT2D eigenvalue weighted by atomic mass is 16.5. The first kappa shape index (κ1) is 10.9. The third kappa shape index (κ3) is 2.40. The minimum absolute atomic E-state index is 0.0446. The Morgan fingerprint density at radius 1 is 1.29 bits per heavy atom. The van der Waals surface area contributed by atoms with Gasteiger partial charge in [0, 0.05) is 5.46 Å². The molecule has 0 amide bonds. The van der Waals surface area contributed by atoms with Gasteiger partial charge in [-0.3, -0.25) is 0 Å². The standard InChI is InChI=1S/C9H13BO4/c1-6(2)14-8-5-3-4-7(9(8)11)10(12)13/h3-6,11-13H,1-2H3. The average molecular weight is 196 g/mol. The molecule has 1 rings (SSSR count). The Balaban J connectivity index is 3.01. The van der Waals surface area contributed by atoms with Gasteiger partial charge in [0.1, 0.15) is 0 Å². The molecule has 0 aliphatic heterocycles. The summed E-state index contributed by atoms with van der Waals surface area (Å²) in [7, 11) is -1.69. The SMILES string of the molecule is CC(C)Oc1cccc(B(O)O)c1O. The van der Waals surface area contributed by atoms with Crippen LogP contribution in [0.4, 0.5) is 0 Å². The maximum atomic E-state index is 9.56. The molecular weight excluding hydrogens is 183 g/mol. The smallest absolute Gasteiger partial charge is 0.492 e. The Morgan fingerprint density at radius 2 is 1.93 bits per heavy atom. The average Bonchev–Trinajstić information content (AvgIpc) is 2.07. The number of para-hydroxylation sites is 1. The summed E-state index contributed by atoms with van der Waals surface area (Å²) in [5.41, 5.74) is 0.0446. The highest BCUT2D eigenvalue weighted by Crippen LogP contribution is 2.24. The molecule has 14 heavy (non-hydrogen) atoms. The van der Waals surface area contributed by atoms with Crippen molar-refractivity contribution >= 4 is 12.6 Å². The summed E-state index contributed by atoms with van der Waals surface area (Å²) in [6, 6.07) is 4.58. The van der Waals surface area contributed by atoms with Gasteiger partial charge in [-0.15, -0.1) is 0 Å². The largest absolute Gasteiger partial charge is 0.505 e. The van der Waals surface area contributed by atoms with Crippen LogP contribution in [0.3, 0.4) is 0 Å². The van der Waals surface area contributed by atoms with Gasteiger partial charge in [-0.1, -0.05) is 12.1 Å². The van der Waals surface area contributed by atoms with Crippen LogP contribution in [0, 0.1) is 0 Å². The molecule has 0 aliphatic rings. The van der Waals surface area contributed by atoms with Crippen molar-refractivity contribution in [2.75, 3.05) is 0 Å². The van der Waals surface area contributed by atoms with Crippen molar-refractivity contribution in [3.8, 4) is 11.5 Å². The summed E-state index contributed by atoms with van der Waals surface area (Å²) in [5, 5.41) is 27.4. The zero-order valence-corrected chi connectivity index (χ0v) is 8.14. The Kier molecular flexibility index (Phi) is 3.38. The summed E-state index contributed by atoms with van der Waals surface area (Å²) >= 11 is 0. The molecule has 0 saturated heterocycles. The van der Waals surface area contributed by atoms with Crippen LogP contribution in [-0.2, 0) is 0 Å². The lowest BCUT2D eigenvalue weighted by Crippen LogP contribution is -2.30. The van der Waals surface area contributed by atoms with Crippen LogP contribution in [0.2, 0.25) is 0 Å². The van der Waals surface area contributed by atoms with Gasteiger partial charge in [0.15, 0.2) is 11.5 Å². The lowest BCUT2D eigenvalue weighted by molar-refractivity contribution is 0.232. The molecule has 0 atom stereocenters. The minimum Gasteiger partial charge on any atom is -0.505 e. The first-order valence-electron chi connectivity index (χ1n) is 4.37. The molecule has 3 N–H and O–H groups in total. The molecule has 5 heteroatoms. The first-order chi connectivity index (χ1) is 6.52. The molecule has 1 aromatic rings. The molecule has 0 bridgehead atoms. The van der Waals surface area contributed by atoms with Crippen molar-refractivity contribution in [1.82, 2.24) is 0 Å². The summed E-state index contributed by atoms with van der Waals surface area (Å²) in [6.07, 6.45) is -0.0769. The summed E-state index contributed by atoms with van der Waals surface area (Å²) in [4.78, 5) is 0. The summed E-state index contributed by atoms with van der Waals surface area (Å²) in [6.45, 7) is 3.64. The number of benzene rings is 1. The van der Waals surface area contributed by atoms with Crippen LogP contribution >= 0.6 is 0 Å². The first-order valence-corrected chi connectivity index (χ1v) is 4.37. The van der Waals surface area contributed by atoms with Crippen LogP contribution in [-0.4, -0.2) is 28.4 Å². The molecule has 4 nitrogen and oxygen atoms in total. The molecule has 0 heterocycles. The molecule has 0 aliphatic carbocycles. The zero-order chi connectivity index (χ0) is 10.7. The maximum absolute atomic E-state index is 9.56. The molecule has 0 radical (unpaired) electrons. The van der Waals surface area contributed by atoms with Crippen LogP contribution in [0.15, 0.2) is 18.2 Å². The zero-order valence-electron chi connectivity index (χ0n) is 8.14. The fourth-order valence-electron chi connectivity index (χ4n) is 1.10. The van der Waals surface area contributed by atoms with E-state index in [4.69, 9.17) is 14.8 Å². The second kappa shape index (κ2) is 4.35. The van der Waals surface area contributed by atoms with Crippen molar-refractivity contribution in [2.45, 2.75) is 20.0 Å². The quantitative estimate of drug-likeness (QED) is 0.588. The van der Waals surface area contributed by atoms with Gasteiger partial charge in [0.05, 0.1) is 6.10 Å². The Morgan fingerprint density at radius 3 is 2.43 bits per heavy atom. The third-order valence-corrected chi connectivity index (χ3v) is 1.67. The van der Waals surface area contributed by atoms with Gasteiger partial charge >= 0.3 is 7.12 Å². The van der Waals surface area contributed by atoms with Crippen LogP contribution in [0.1, 0.15) is 13.8 Å². The van der Waals surface area contributed by atoms with Gasteiger partial charge < -0.3 is 19.9 Å². The number of aromatic hydroxyl groups is 1. The number of phenolic OH excluding ortho intramolecular Hbond substituents is 1. The van der Waals surface area contributed by atoms with Crippen molar-refractivity contribution in [1.29, 1.82) is 0 Å². The van der Waals surface area contributed by atoms with E-state index in [2.05, 4.69) is 0 Å². The van der Waals surface area contributed by atoms with E-state index in [1.165, 1.54) is 6.07 Å². The van der Waals surface area contributed by atoms with Crippen LogP contribution in [0.25, 0.3) is 0 Å². The predicted molar refractivity (Wildman–Crippen MR) is 53.7 cm³/mol. The Bertz CT molecular complexity index is 312. The van der Waals surface area contributed by atoms with Crippen molar-refractivity contribution in [2.24, 2.45) is 0 Å². The fraction of sp³-hybridized carbons (Fsp3) is 0.333. The number of hydrogen-bond donors (Lipinski definition) is 3. The molecule has 0 unspecified atom stereocenters. The molecule has 0 aromatic heterocycles. The molecule has 0 saturated carbocycles. The van der Waals surface area contributed by atoms with E-state index in [1.807, 2.05) is 13.8 Å². The number of hydrogen-bond acceptors (Lipinski definition) is 4. The molecular formula is C9H13BO4. The minimum atomic E-state index is -1.69. The van der Waals surface area contributed by atoms with Gasteiger partial charge in [-0.2, -0.15) is 0 Å². The summed E-state index contributed by atoms with van der Waals surface area (Å²) in [5.74, 6) is 0.0294. The van der Waals surface area contributed by atoms with Crippen molar-refractivity contribution in [3.63, 3.8) is 0 Å². The number of ether oxygens (including phenoxy) is 1. The van der Waals surface area contributed by atoms with Crippen molar-refractivity contribution in [3.05, 3.63) is 18.2 Å². The lowest BCUT2D eigenvalue weighted by Gasteiger charge is -2.13. The Hall–Kier alpha value is -1.20. The molecule has 0 fully saturated rings. The second-order valence-electron chi connectivity index (χ2n) is 3.23. The fourth-order valence-corrected chi connectivity index (χ4v) is 1.10. The number of phenols is 1. The third-order valence-electron chi connectivity index (χ3n) is 1.67. The van der Waals surface area contributed by atoms with Crippen molar-refractivity contribution < 1.29 is 19.9 Å². The normalized spacial score (nSPS) is 10.4. The predicted octanol–water partition coefficient (Wildman–Crippen LogP) is -0.141. The maximum Gasteiger partial charge on any atom is 0.492 e. The van der Waals surface area contributed by atoms with Gasteiger partial charge in [-0.05, 0) is 19.9 Å². The highest BCUT2D eigenvalue weighted by molar-refractivity contribution is 6.59. The van der Waals surface area contributed by atoms with Gasteiger partial charge in [0.25, 0.3) is 0 Å².